The molecule has 2 rings (SSSR count). The number of aromatic nitrogens is 2. The highest BCUT2D eigenvalue weighted by Gasteiger charge is 2.07. The Morgan fingerprint density at radius 1 is 1.29 bits per heavy atom. The van der Waals surface area contributed by atoms with E-state index in [1.807, 2.05) is 0 Å². The summed E-state index contributed by atoms with van der Waals surface area (Å²) in [7, 11) is 0. The Labute approximate surface area is 97.5 Å². The highest BCUT2D eigenvalue weighted by atomic mass is 19.1. The zero-order valence-electron chi connectivity index (χ0n) is 9.14. The molecule has 0 atom stereocenters. The van der Waals surface area contributed by atoms with Crippen molar-refractivity contribution in [2.45, 2.75) is 6.92 Å². The van der Waals surface area contributed by atoms with Crippen molar-refractivity contribution in [1.29, 1.82) is 0 Å². The fraction of sp³-hybridized carbons (Fsp3) is 0.0833. The van der Waals surface area contributed by atoms with Crippen LogP contribution in [-0.2, 0) is 0 Å². The summed E-state index contributed by atoms with van der Waals surface area (Å²) in [5.74, 6) is -0.175. The molecule has 0 radical (unpaired) electrons. The minimum atomic E-state index is -0.400. The van der Waals surface area contributed by atoms with E-state index in [2.05, 4.69) is 15.3 Å². The van der Waals surface area contributed by atoms with Gasteiger partial charge in [-0.1, -0.05) is 6.07 Å². The molecule has 0 unspecified atom stereocenters. The summed E-state index contributed by atoms with van der Waals surface area (Å²) in [5, 5.41) is 2.56. The van der Waals surface area contributed by atoms with Gasteiger partial charge in [-0.3, -0.25) is 4.79 Å². The SMILES string of the molecule is Cc1ncc(C(=O)Nc2cccc(F)c2)cn1. The molecule has 86 valence electrons. The molecule has 0 aliphatic rings. The monoisotopic (exact) mass is 231 g/mol. The van der Waals surface area contributed by atoms with Gasteiger partial charge in [0.25, 0.3) is 5.91 Å². The summed E-state index contributed by atoms with van der Waals surface area (Å²) in [6.07, 6.45) is 2.86. The molecule has 0 spiro atoms. The van der Waals surface area contributed by atoms with Crippen LogP contribution in [0.5, 0.6) is 0 Å². The minimum Gasteiger partial charge on any atom is -0.322 e. The van der Waals surface area contributed by atoms with Crippen LogP contribution in [0.1, 0.15) is 16.2 Å². The molecule has 1 aromatic carbocycles. The molecule has 0 saturated carbocycles. The molecule has 1 aromatic heterocycles. The van der Waals surface area contributed by atoms with E-state index in [9.17, 15) is 9.18 Å². The van der Waals surface area contributed by atoms with Crippen molar-refractivity contribution < 1.29 is 9.18 Å². The zero-order valence-corrected chi connectivity index (χ0v) is 9.14. The summed E-state index contributed by atoms with van der Waals surface area (Å²) in [4.78, 5) is 19.5. The second-order valence-electron chi connectivity index (χ2n) is 3.48. The lowest BCUT2D eigenvalue weighted by molar-refractivity contribution is 0.102. The van der Waals surface area contributed by atoms with Gasteiger partial charge in [-0.15, -0.1) is 0 Å². The number of carbonyl (C=O) groups is 1. The third-order valence-electron chi connectivity index (χ3n) is 2.13. The summed E-state index contributed by atoms with van der Waals surface area (Å²) in [6, 6.07) is 5.68. The number of halogens is 1. The van der Waals surface area contributed by atoms with E-state index in [1.165, 1.54) is 30.6 Å². The smallest absolute Gasteiger partial charge is 0.258 e. The number of rotatable bonds is 2. The molecule has 1 amide bonds. The van der Waals surface area contributed by atoms with E-state index in [0.29, 0.717) is 17.1 Å². The second-order valence-corrected chi connectivity index (χ2v) is 3.48. The number of nitrogens with zero attached hydrogens (tertiary/aromatic N) is 2. The highest BCUT2D eigenvalue weighted by molar-refractivity contribution is 6.03. The van der Waals surface area contributed by atoms with Gasteiger partial charge in [0, 0.05) is 18.1 Å². The minimum absolute atomic E-state index is 0.333. The molecule has 1 heterocycles. The molecule has 4 nitrogen and oxygen atoms in total. The number of hydrogen-bond acceptors (Lipinski definition) is 3. The Kier molecular flexibility index (Phi) is 3.09. The van der Waals surface area contributed by atoms with Crippen LogP contribution >= 0.6 is 0 Å². The molecule has 17 heavy (non-hydrogen) atoms. The van der Waals surface area contributed by atoms with Gasteiger partial charge in [0.1, 0.15) is 11.6 Å². The highest BCUT2D eigenvalue weighted by Crippen LogP contribution is 2.10. The molecule has 0 aliphatic carbocycles. The Bertz CT molecular complexity index is 540. The lowest BCUT2D eigenvalue weighted by atomic mass is 10.2. The standard InChI is InChI=1S/C12H10FN3O/c1-8-14-6-9(7-15-8)12(17)16-11-4-2-3-10(13)5-11/h2-7H,1H3,(H,16,17). The van der Waals surface area contributed by atoms with Gasteiger partial charge in [0.05, 0.1) is 5.56 Å². The van der Waals surface area contributed by atoms with Crippen LogP contribution in [0.25, 0.3) is 0 Å². The first-order chi connectivity index (χ1) is 8.15. The number of carbonyl (C=O) groups excluding carboxylic acids is 1. The van der Waals surface area contributed by atoms with Gasteiger partial charge >= 0.3 is 0 Å². The topological polar surface area (TPSA) is 54.9 Å². The average molecular weight is 231 g/mol. The molecule has 1 N–H and O–H groups in total. The van der Waals surface area contributed by atoms with Gasteiger partial charge in [-0.25, -0.2) is 14.4 Å². The van der Waals surface area contributed by atoms with E-state index in [-0.39, 0.29) is 5.91 Å². The Morgan fingerprint density at radius 3 is 2.65 bits per heavy atom. The van der Waals surface area contributed by atoms with Gasteiger partial charge in [0.2, 0.25) is 0 Å². The lowest BCUT2D eigenvalue weighted by Crippen LogP contribution is -2.12. The third-order valence-corrected chi connectivity index (χ3v) is 2.13. The summed E-state index contributed by atoms with van der Waals surface area (Å²) < 4.78 is 12.9. The van der Waals surface area contributed by atoms with E-state index in [4.69, 9.17) is 0 Å². The molecular weight excluding hydrogens is 221 g/mol. The van der Waals surface area contributed by atoms with E-state index in [1.54, 1.807) is 13.0 Å². The summed E-state index contributed by atoms with van der Waals surface area (Å²) >= 11 is 0. The fourth-order valence-electron chi connectivity index (χ4n) is 1.28. The predicted molar refractivity (Wildman–Crippen MR) is 61.1 cm³/mol. The van der Waals surface area contributed by atoms with Crippen molar-refractivity contribution >= 4 is 11.6 Å². The van der Waals surface area contributed by atoms with E-state index >= 15 is 0 Å². The van der Waals surface area contributed by atoms with Crippen molar-refractivity contribution in [3.8, 4) is 0 Å². The zero-order chi connectivity index (χ0) is 12.3. The van der Waals surface area contributed by atoms with Crippen LogP contribution in [0.2, 0.25) is 0 Å². The maximum absolute atomic E-state index is 12.9. The van der Waals surface area contributed by atoms with Crippen LogP contribution in [0.3, 0.4) is 0 Å². The Balaban J connectivity index is 2.14. The van der Waals surface area contributed by atoms with Crippen LogP contribution in [-0.4, -0.2) is 15.9 Å². The van der Waals surface area contributed by atoms with Crippen molar-refractivity contribution in [2.24, 2.45) is 0 Å². The van der Waals surface area contributed by atoms with Crippen molar-refractivity contribution in [1.82, 2.24) is 9.97 Å². The molecule has 0 bridgehead atoms. The van der Waals surface area contributed by atoms with Crippen LogP contribution in [0.4, 0.5) is 10.1 Å². The van der Waals surface area contributed by atoms with Crippen LogP contribution in [0.15, 0.2) is 36.7 Å². The lowest BCUT2D eigenvalue weighted by Gasteiger charge is -2.04. The molecule has 0 fully saturated rings. The number of anilines is 1. The third kappa shape index (κ3) is 2.84. The molecule has 0 saturated heterocycles. The first-order valence-electron chi connectivity index (χ1n) is 5.01. The number of amides is 1. The number of hydrogen-bond donors (Lipinski definition) is 1. The maximum Gasteiger partial charge on any atom is 0.258 e. The molecule has 5 heteroatoms. The maximum atomic E-state index is 12.9. The number of benzene rings is 1. The van der Waals surface area contributed by atoms with Crippen molar-refractivity contribution in [3.63, 3.8) is 0 Å². The van der Waals surface area contributed by atoms with E-state index in [0.717, 1.165) is 0 Å². The number of aryl methyl sites for hydroxylation is 1. The predicted octanol–water partition coefficient (Wildman–Crippen LogP) is 2.18. The van der Waals surface area contributed by atoms with Crippen molar-refractivity contribution in [3.05, 3.63) is 53.9 Å². The summed E-state index contributed by atoms with van der Waals surface area (Å²) in [5.41, 5.74) is 0.732. The molecular formula is C12H10FN3O. The number of nitrogens with one attached hydrogen (secondary N) is 1. The van der Waals surface area contributed by atoms with Gasteiger partial charge < -0.3 is 5.32 Å². The van der Waals surface area contributed by atoms with Gasteiger partial charge in [-0.2, -0.15) is 0 Å². The quantitative estimate of drug-likeness (QED) is 0.861. The van der Waals surface area contributed by atoms with Crippen LogP contribution < -0.4 is 5.32 Å². The van der Waals surface area contributed by atoms with Crippen LogP contribution in [0, 0.1) is 12.7 Å². The normalized spacial score (nSPS) is 10.0. The first kappa shape index (κ1) is 11.2. The second kappa shape index (κ2) is 4.69. The Morgan fingerprint density at radius 2 is 2.00 bits per heavy atom. The Hall–Kier alpha value is -2.30. The summed E-state index contributed by atoms with van der Waals surface area (Å²) in [6.45, 7) is 1.73. The van der Waals surface area contributed by atoms with Gasteiger partial charge in [0.15, 0.2) is 0 Å². The van der Waals surface area contributed by atoms with Gasteiger partial charge in [-0.05, 0) is 25.1 Å². The largest absolute Gasteiger partial charge is 0.322 e. The molecule has 2 aromatic rings. The fourth-order valence-corrected chi connectivity index (χ4v) is 1.28. The van der Waals surface area contributed by atoms with Crippen molar-refractivity contribution in [2.75, 3.05) is 5.32 Å². The van der Waals surface area contributed by atoms with E-state index < -0.39 is 5.82 Å². The molecule has 0 aliphatic heterocycles. The first-order valence-corrected chi connectivity index (χ1v) is 5.01. The average Bonchev–Trinajstić information content (AvgIpc) is 2.29.